The number of hydrogen-bond donors (Lipinski definition) is 2. The summed E-state index contributed by atoms with van der Waals surface area (Å²) in [4.78, 5) is 19.5. The minimum atomic E-state index is -0.412. The third-order valence-electron chi connectivity index (χ3n) is 4.33. The zero-order valence-corrected chi connectivity index (χ0v) is 17.5. The van der Waals surface area contributed by atoms with Crippen LogP contribution in [0.25, 0.3) is 16.1 Å². The highest BCUT2D eigenvalue weighted by molar-refractivity contribution is 7.14. The number of nitrogens with zero attached hydrogens (tertiary/aromatic N) is 2. The second-order valence-electron chi connectivity index (χ2n) is 6.78. The van der Waals surface area contributed by atoms with Gasteiger partial charge in [-0.05, 0) is 43.5 Å². The molecule has 0 radical (unpaired) electrons. The minimum absolute atomic E-state index is 0.0947. The van der Waals surface area contributed by atoms with Crippen LogP contribution in [-0.2, 0) is 4.74 Å². The highest BCUT2D eigenvalue weighted by Gasteiger charge is 2.31. The van der Waals surface area contributed by atoms with E-state index in [0.29, 0.717) is 21.8 Å². The first kappa shape index (κ1) is 19.4. The van der Waals surface area contributed by atoms with Gasteiger partial charge in [0, 0.05) is 11.1 Å². The van der Waals surface area contributed by atoms with Gasteiger partial charge in [0.05, 0.1) is 34.4 Å². The molecule has 0 aliphatic carbocycles. The highest BCUT2D eigenvalue weighted by Crippen LogP contribution is 2.35. The number of esters is 1. The van der Waals surface area contributed by atoms with Crippen molar-refractivity contribution in [1.29, 1.82) is 5.41 Å². The van der Waals surface area contributed by atoms with E-state index in [0.717, 1.165) is 10.6 Å². The largest absolute Gasteiger partial charge is 0.510 e. The molecule has 4 rings (SSSR count). The number of aliphatic hydroxyl groups excluding tert-OH is 1. The molecule has 29 heavy (non-hydrogen) atoms. The maximum absolute atomic E-state index is 12.2. The molecule has 0 saturated heterocycles. The molecule has 0 fully saturated rings. The van der Waals surface area contributed by atoms with Gasteiger partial charge in [-0.2, -0.15) is 0 Å². The number of aliphatic hydroxyl groups is 1. The van der Waals surface area contributed by atoms with Gasteiger partial charge in [-0.3, -0.25) is 5.41 Å². The van der Waals surface area contributed by atoms with E-state index >= 15 is 0 Å². The highest BCUT2D eigenvalue weighted by atomic mass is 32.1. The number of rotatable bonds is 5. The molecule has 0 unspecified atom stereocenters. The number of nitrogens with one attached hydrogen (secondary N) is 1. The molecule has 1 aliphatic rings. The topological polar surface area (TPSA) is 86.5 Å². The summed E-state index contributed by atoms with van der Waals surface area (Å²) in [6.07, 6.45) is -0.212. The van der Waals surface area contributed by atoms with Gasteiger partial charge in [-0.25, -0.2) is 9.78 Å². The molecule has 0 atom stereocenters. The Morgan fingerprint density at radius 2 is 2.10 bits per heavy atom. The van der Waals surface area contributed by atoms with E-state index in [-0.39, 0.29) is 24.2 Å². The van der Waals surface area contributed by atoms with Crippen LogP contribution < -0.4 is 4.90 Å². The lowest BCUT2D eigenvalue weighted by atomic mass is 10.2. The van der Waals surface area contributed by atoms with Crippen LogP contribution in [0.2, 0.25) is 0 Å². The predicted octanol–water partition coefficient (Wildman–Crippen LogP) is 5.20. The van der Waals surface area contributed by atoms with Crippen LogP contribution >= 0.6 is 22.7 Å². The Balaban J connectivity index is 1.59. The van der Waals surface area contributed by atoms with E-state index in [2.05, 4.69) is 4.98 Å². The maximum Gasteiger partial charge on any atom is 0.338 e. The number of carbonyl (C=O) groups excluding carboxylic acids is 1. The number of amidine groups is 1. The van der Waals surface area contributed by atoms with Gasteiger partial charge in [0.15, 0.2) is 0 Å². The molecule has 1 aliphatic heterocycles. The van der Waals surface area contributed by atoms with Gasteiger partial charge in [-0.1, -0.05) is 12.1 Å². The van der Waals surface area contributed by atoms with Crippen LogP contribution in [0.15, 0.2) is 52.9 Å². The fourth-order valence-corrected chi connectivity index (χ4v) is 4.68. The van der Waals surface area contributed by atoms with E-state index in [1.54, 1.807) is 54.3 Å². The fraction of sp³-hybridized carbons (Fsp3) is 0.190. The first-order valence-electron chi connectivity index (χ1n) is 9.03. The summed E-state index contributed by atoms with van der Waals surface area (Å²) in [7, 11) is 0. The van der Waals surface area contributed by atoms with E-state index < -0.39 is 5.97 Å². The zero-order valence-electron chi connectivity index (χ0n) is 15.9. The van der Waals surface area contributed by atoms with Crippen molar-refractivity contribution in [3.05, 3.63) is 63.5 Å². The Labute approximate surface area is 176 Å². The van der Waals surface area contributed by atoms with Crippen molar-refractivity contribution in [1.82, 2.24) is 4.98 Å². The smallest absolute Gasteiger partial charge is 0.338 e. The van der Waals surface area contributed by atoms with E-state index in [4.69, 9.17) is 10.1 Å². The molecule has 148 valence electrons. The second kappa shape index (κ2) is 7.81. The maximum atomic E-state index is 12.2. The van der Waals surface area contributed by atoms with Crippen molar-refractivity contribution < 1.29 is 14.6 Å². The van der Waals surface area contributed by atoms with Crippen LogP contribution in [0.1, 0.15) is 29.2 Å². The van der Waals surface area contributed by atoms with Gasteiger partial charge >= 0.3 is 5.97 Å². The van der Waals surface area contributed by atoms with Crippen molar-refractivity contribution in [2.45, 2.75) is 20.0 Å². The Hall–Kier alpha value is -2.97. The molecule has 2 N–H and O–H groups in total. The Bertz CT molecular complexity index is 1100. The summed E-state index contributed by atoms with van der Waals surface area (Å²) in [5.74, 6) is -0.160. The molecule has 6 nitrogen and oxygen atoms in total. The average Bonchev–Trinajstić information content (AvgIpc) is 3.41. The quantitative estimate of drug-likeness (QED) is 0.549. The van der Waals surface area contributed by atoms with Crippen molar-refractivity contribution in [2.24, 2.45) is 0 Å². The normalized spacial score (nSPS) is 14.2. The molecular weight excluding hydrogens is 406 g/mol. The molecule has 8 heteroatoms. The summed E-state index contributed by atoms with van der Waals surface area (Å²) in [5, 5.41) is 23.7. The van der Waals surface area contributed by atoms with Gasteiger partial charge in [0.1, 0.15) is 16.6 Å². The first-order chi connectivity index (χ1) is 13.9. The lowest BCUT2D eigenvalue weighted by Crippen LogP contribution is -2.26. The second-order valence-corrected chi connectivity index (χ2v) is 8.58. The molecule has 0 spiro atoms. The van der Waals surface area contributed by atoms with Gasteiger partial charge in [-0.15, -0.1) is 22.7 Å². The zero-order chi connectivity index (χ0) is 20.5. The SMILES string of the molecule is CC(C)OC(=O)c1cccc(N2CC(O)=C(c3nc(-c4cccs4)cs3)C2=N)c1. The number of carbonyl (C=O) groups is 1. The molecule has 1 aromatic carbocycles. The van der Waals surface area contributed by atoms with Gasteiger partial charge in [0.25, 0.3) is 0 Å². The van der Waals surface area contributed by atoms with Crippen LogP contribution in [0.3, 0.4) is 0 Å². The van der Waals surface area contributed by atoms with Crippen molar-refractivity contribution in [2.75, 3.05) is 11.4 Å². The predicted molar refractivity (Wildman–Crippen MR) is 117 cm³/mol. The van der Waals surface area contributed by atoms with Crippen LogP contribution in [0, 0.1) is 5.41 Å². The summed E-state index contributed by atoms with van der Waals surface area (Å²) in [5.41, 5.74) is 2.31. The monoisotopic (exact) mass is 425 g/mol. The number of hydrogen-bond acceptors (Lipinski definition) is 7. The van der Waals surface area contributed by atoms with Crippen LogP contribution in [0.4, 0.5) is 5.69 Å². The number of thiazole rings is 1. The fourth-order valence-electron chi connectivity index (χ4n) is 3.03. The third kappa shape index (κ3) is 3.81. The Morgan fingerprint density at radius 1 is 1.28 bits per heavy atom. The molecule has 0 saturated carbocycles. The lowest BCUT2D eigenvalue weighted by Gasteiger charge is -2.19. The average molecular weight is 426 g/mol. The number of aromatic nitrogens is 1. The molecule has 2 aromatic heterocycles. The molecule has 0 amide bonds. The third-order valence-corrected chi connectivity index (χ3v) is 6.08. The van der Waals surface area contributed by atoms with Crippen molar-refractivity contribution in [3.63, 3.8) is 0 Å². The number of benzene rings is 1. The Morgan fingerprint density at radius 3 is 2.83 bits per heavy atom. The number of ether oxygens (including phenoxy) is 1. The van der Waals surface area contributed by atoms with Gasteiger partial charge in [0.2, 0.25) is 0 Å². The molecule has 0 bridgehead atoms. The standard InChI is InChI=1S/C21H19N3O3S2/c1-12(2)27-21(26)13-5-3-6-14(9-13)24-10-16(25)18(19(24)22)20-23-15(11-29-20)17-7-4-8-28-17/h3-9,11-12,22,25H,10H2,1-2H3. The summed E-state index contributed by atoms with van der Waals surface area (Å²) in [6, 6.07) is 10.9. The number of anilines is 1. The summed E-state index contributed by atoms with van der Waals surface area (Å²) < 4.78 is 5.25. The molecular formula is C21H19N3O3S2. The Kier molecular flexibility index (Phi) is 5.21. The van der Waals surface area contributed by atoms with E-state index in [9.17, 15) is 9.90 Å². The lowest BCUT2D eigenvalue weighted by molar-refractivity contribution is 0.0378. The van der Waals surface area contributed by atoms with Crippen LogP contribution in [-0.4, -0.2) is 34.5 Å². The van der Waals surface area contributed by atoms with Crippen molar-refractivity contribution >= 4 is 45.7 Å². The molecule has 3 heterocycles. The van der Waals surface area contributed by atoms with Crippen molar-refractivity contribution in [3.8, 4) is 10.6 Å². The summed E-state index contributed by atoms with van der Waals surface area (Å²) >= 11 is 3.00. The van der Waals surface area contributed by atoms with Gasteiger partial charge < -0.3 is 14.7 Å². The molecule has 3 aromatic rings. The summed E-state index contributed by atoms with van der Waals surface area (Å²) in [6.45, 7) is 3.75. The van der Waals surface area contributed by atoms with E-state index in [1.807, 2.05) is 22.9 Å². The first-order valence-corrected chi connectivity index (χ1v) is 10.8. The van der Waals surface area contributed by atoms with E-state index in [1.165, 1.54) is 11.3 Å². The number of thiophene rings is 1. The van der Waals surface area contributed by atoms with Crippen LogP contribution in [0.5, 0.6) is 0 Å². The minimum Gasteiger partial charge on any atom is -0.510 e.